The minimum atomic E-state index is -0.862. The molecule has 8 heteroatoms. The fraction of sp³-hybridized carbons (Fsp3) is 0.424. The molecule has 3 aromatic rings. The minimum absolute atomic E-state index is 0.0908. The fourth-order valence-corrected chi connectivity index (χ4v) is 5.41. The van der Waals surface area contributed by atoms with Crippen molar-refractivity contribution in [1.82, 2.24) is 10.2 Å². The van der Waals surface area contributed by atoms with Gasteiger partial charge < -0.3 is 20.3 Å². The van der Waals surface area contributed by atoms with Crippen molar-refractivity contribution >= 4 is 46.1 Å². The molecule has 3 aromatic carbocycles. The second-order valence-electron chi connectivity index (χ2n) is 11.8. The van der Waals surface area contributed by atoms with E-state index in [1.54, 1.807) is 37.4 Å². The van der Waals surface area contributed by atoms with Gasteiger partial charge in [0.2, 0.25) is 5.91 Å². The van der Waals surface area contributed by atoms with Gasteiger partial charge in [-0.05, 0) is 99.9 Å². The van der Waals surface area contributed by atoms with E-state index in [-0.39, 0.29) is 17.9 Å². The molecule has 0 saturated heterocycles. The van der Waals surface area contributed by atoms with Crippen LogP contribution in [0.2, 0.25) is 0 Å². The maximum absolute atomic E-state index is 14.3. The van der Waals surface area contributed by atoms with Crippen molar-refractivity contribution in [3.05, 3.63) is 77.4 Å². The van der Waals surface area contributed by atoms with E-state index < -0.39 is 23.8 Å². The Morgan fingerprint density at radius 1 is 1.00 bits per heavy atom. The lowest BCUT2D eigenvalue weighted by Crippen LogP contribution is -2.53. The zero-order valence-corrected chi connectivity index (χ0v) is 25.6. The summed E-state index contributed by atoms with van der Waals surface area (Å²) in [5.74, 6) is 0.115. The van der Waals surface area contributed by atoms with Crippen LogP contribution in [0.4, 0.5) is 10.5 Å². The molecule has 0 heterocycles. The van der Waals surface area contributed by atoms with E-state index in [0.29, 0.717) is 17.9 Å². The van der Waals surface area contributed by atoms with Crippen LogP contribution in [0.5, 0.6) is 0 Å². The standard InChI is InChI=1S/C33H41N3O4S/c1-21-11-12-22(2)27(19-21)29(30(37)34-25-14-13-23-9-7-8-10-24(23)20-25)36(26-15-16-26)31(38)28(17-18-41-6)35-32(39)40-33(3,4)5/h7-14,19-20,26,28-29H,15-18H2,1-6H3,(H,34,37)(H,35,39). The Hall–Kier alpha value is -3.52. The smallest absolute Gasteiger partial charge is 0.408 e. The molecule has 1 aliphatic rings. The van der Waals surface area contributed by atoms with Crippen LogP contribution in [0.1, 0.15) is 62.8 Å². The van der Waals surface area contributed by atoms with Crippen molar-refractivity contribution in [2.45, 2.75) is 77.6 Å². The van der Waals surface area contributed by atoms with Crippen LogP contribution >= 0.6 is 11.8 Å². The molecule has 0 spiro atoms. The number of nitrogens with zero attached hydrogens (tertiary/aromatic N) is 1. The first-order chi connectivity index (χ1) is 19.5. The van der Waals surface area contributed by atoms with Crippen molar-refractivity contribution in [3.8, 4) is 0 Å². The highest BCUT2D eigenvalue weighted by Gasteiger charge is 2.44. The summed E-state index contributed by atoms with van der Waals surface area (Å²) in [6.07, 6.45) is 3.35. The number of anilines is 1. The first-order valence-corrected chi connectivity index (χ1v) is 15.5. The Bertz CT molecular complexity index is 1410. The monoisotopic (exact) mass is 575 g/mol. The molecule has 1 aliphatic carbocycles. The Kier molecular flexibility index (Phi) is 9.64. The van der Waals surface area contributed by atoms with Crippen LogP contribution in [0.15, 0.2) is 60.7 Å². The van der Waals surface area contributed by atoms with Crippen LogP contribution < -0.4 is 10.6 Å². The fourth-order valence-electron chi connectivity index (χ4n) is 4.94. The normalized spacial score (nSPS) is 14.7. The number of carbonyl (C=O) groups is 3. The largest absolute Gasteiger partial charge is 0.444 e. The Morgan fingerprint density at radius 3 is 2.37 bits per heavy atom. The Morgan fingerprint density at radius 2 is 1.71 bits per heavy atom. The van der Waals surface area contributed by atoms with E-state index in [9.17, 15) is 14.4 Å². The third kappa shape index (κ3) is 8.03. The van der Waals surface area contributed by atoms with E-state index in [2.05, 4.69) is 10.6 Å². The second kappa shape index (κ2) is 13.0. The van der Waals surface area contributed by atoms with Gasteiger partial charge >= 0.3 is 6.09 Å². The topological polar surface area (TPSA) is 87.7 Å². The van der Waals surface area contributed by atoms with Crippen LogP contribution in [0, 0.1) is 13.8 Å². The summed E-state index contributed by atoms with van der Waals surface area (Å²) in [6.45, 7) is 9.31. The molecule has 1 fully saturated rings. The molecule has 0 aromatic heterocycles. The van der Waals surface area contributed by atoms with Crippen molar-refractivity contribution < 1.29 is 19.1 Å². The molecular weight excluding hydrogens is 534 g/mol. The SMILES string of the molecule is CSCCC(NC(=O)OC(C)(C)C)C(=O)N(C1CC1)C(C(=O)Nc1ccc2ccccc2c1)c1cc(C)ccc1C. The van der Waals surface area contributed by atoms with Gasteiger partial charge in [0.25, 0.3) is 5.91 Å². The summed E-state index contributed by atoms with van der Waals surface area (Å²) < 4.78 is 5.49. The number of fused-ring (bicyclic) bond motifs is 1. The lowest BCUT2D eigenvalue weighted by Gasteiger charge is -2.35. The molecule has 7 nitrogen and oxygen atoms in total. The number of aryl methyl sites for hydroxylation is 2. The Labute approximate surface area is 247 Å². The molecule has 2 unspecified atom stereocenters. The van der Waals surface area contributed by atoms with Gasteiger partial charge in [-0.3, -0.25) is 9.59 Å². The van der Waals surface area contributed by atoms with Crippen molar-refractivity contribution in [2.75, 3.05) is 17.3 Å². The average molecular weight is 576 g/mol. The highest BCUT2D eigenvalue weighted by molar-refractivity contribution is 7.98. The number of alkyl carbamates (subject to hydrolysis) is 1. The minimum Gasteiger partial charge on any atom is -0.444 e. The molecule has 0 bridgehead atoms. The molecule has 218 valence electrons. The number of benzene rings is 3. The predicted molar refractivity (Wildman–Crippen MR) is 167 cm³/mol. The van der Waals surface area contributed by atoms with E-state index in [0.717, 1.165) is 40.3 Å². The highest BCUT2D eigenvalue weighted by Crippen LogP contribution is 2.38. The number of hydrogen-bond donors (Lipinski definition) is 2. The molecule has 2 atom stereocenters. The Balaban J connectivity index is 1.71. The van der Waals surface area contributed by atoms with Crippen molar-refractivity contribution in [2.24, 2.45) is 0 Å². The number of ether oxygens (including phenoxy) is 1. The number of amides is 3. The quantitative estimate of drug-likeness (QED) is 0.278. The van der Waals surface area contributed by atoms with Crippen molar-refractivity contribution in [1.29, 1.82) is 0 Å². The summed E-state index contributed by atoms with van der Waals surface area (Å²) >= 11 is 1.60. The average Bonchev–Trinajstić information content (AvgIpc) is 3.75. The van der Waals surface area contributed by atoms with Gasteiger partial charge in [-0.15, -0.1) is 0 Å². The first kappa shape index (κ1) is 30.4. The van der Waals surface area contributed by atoms with E-state index in [4.69, 9.17) is 4.74 Å². The zero-order chi connectivity index (χ0) is 29.7. The summed E-state index contributed by atoms with van der Waals surface area (Å²) in [4.78, 5) is 43.0. The van der Waals surface area contributed by atoms with Gasteiger partial charge in [-0.1, -0.05) is 54.1 Å². The molecule has 4 rings (SSSR count). The van der Waals surface area contributed by atoms with Gasteiger partial charge in [-0.2, -0.15) is 11.8 Å². The molecule has 2 N–H and O–H groups in total. The molecule has 41 heavy (non-hydrogen) atoms. The summed E-state index contributed by atoms with van der Waals surface area (Å²) in [5, 5.41) is 8.01. The van der Waals surface area contributed by atoms with Crippen LogP contribution in [0.25, 0.3) is 10.8 Å². The van der Waals surface area contributed by atoms with Crippen LogP contribution in [0.3, 0.4) is 0 Å². The number of nitrogens with one attached hydrogen (secondary N) is 2. The summed E-state index contributed by atoms with van der Waals surface area (Å²) in [5.41, 5.74) is 2.67. The third-order valence-corrected chi connectivity index (χ3v) is 7.71. The highest BCUT2D eigenvalue weighted by atomic mass is 32.2. The van der Waals surface area contributed by atoms with E-state index in [1.807, 2.05) is 80.8 Å². The van der Waals surface area contributed by atoms with Gasteiger partial charge in [0, 0.05) is 11.7 Å². The van der Waals surface area contributed by atoms with Crippen LogP contribution in [-0.2, 0) is 14.3 Å². The van der Waals surface area contributed by atoms with Gasteiger partial charge in [0.1, 0.15) is 17.7 Å². The number of carbonyl (C=O) groups excluding carboxylic acids is 3. The number of rotatable bonds is 10. The summed E-state index contributed by atoms with van der Waals surface area (Å²) in [7, 11) is 0. The van der Waals surface area contributed by atoms with E-state index in [1.165, 1.54) is 0 Å². The molecular formula is C33H41N3O4S. The molecule has 0 radical (unpaired) electrons. The maximum atomic E-state index is 14.3. The molecule has 1 saturated carbocycles. The van der Waals surface area contributed by atoms with Crippen molar-refractivity contribution in [3.63, 3.8) is 0 Å². The van der Waals surface area contributed by atoms with Gasteiger partial charge in [-0.25, -0.2) is 4.79 Å². The lowest BCUT2D eigenvalue weighted by molar-refractivity contribution is -0.141. The predicted octanol–water partition coefficient (Wildman–Crippen LogP) is 6.77. The lowest BCUT2D eigenvalue weighted by atomic mass is 9.95. The maximum Gasteiger partial charge on any atom is 0.408 e. The molecule has 3 amide bonds. The number of thioether (sulfide) groups is 1. The summed E-state index contributed by atoms with van der Waals surface area (Å²) in [6, 6.07) is 18.0. The number of hydrogen-bond acceptors (Lipinski definition) is 5. The van der Waals surface area contributed by atoms with Gasteiger partial charge in [0.05, 0.1) is 0 Å². The molecule has 0 aliphatic heterocycles. The zero-order valence-electron chi connectivity index (χ0n) is 24.8. The second-order valence-corrected chi connectivity index (χ2v) is 12.8. The first-order valence-electron chi connectivity index (χ1n) is 14.1. The van der Waals surface area contributed by atoms with E-state index >= 15 is 0 Å². The third-order valence-electron chi connectivity index (χ3n) is 7.07. The van der Waals surface area contributed by atoms with Crippen LogP contribution in [-0.4, -0.2) is 52.5 Å². The van der Waals surface area contributed by atoms with Gasteiger partial charge in [0.15, 0.2) is 0 Å².